The number of ether oxygens (including phenoxy) is 1. The highest BCUT2D eigenvalue weighted by atomic mass is 32.2. The summed E-state index contributed by atoms with van der Waals surface area (Å²) < 4.78 is 18.4. The molecular weight excluding hydrogens is 278 g/mol. The molecule has 0 aliphatic carbocycles. The number of aromatic nitrogens is 4. The molecule has 0 aliphatic rings. The number of hydrogen-bond acceptors (Lipinski definition) is 6. The molecule has 2 atom stereocenters. The summed E-state index contributed by atoms with van der Waals surface area (Å²) in [6.45, 7) is 2.35. The summed E-state index contributed by atoms with van der Waals surface area (Å²) >= 11 is 0. The van der Waals surface area contributed by atoms with Crippen molar-refractivity contribution in [3.05, 3.63) is 18.2 Å². The van der Waals surface area contributed by atoms with Gasteiger partial charge in [0.1, 0.15) is 0 Å². The number of methoxy groups -OCH3 is 1. The van der Waals surface area contributed by atoms with E-state index in [2.05, 4.69) is 15.5 Å². The predicted molar refractivity (Wildman–Crippen MR) is 77.7 cm³/mol. The third kappa shape index (κ3) is 2.79. The van der Waals surface area contributed by atoms with Crippen LogP contribution in [0.4, 0.5) is 5.69 Å². The number of nitrogens with zero attached hydrogens (tertiary/aromatic N) is 4. The fraction of sp³-hybridized carbons (Fsp3) is 0.417. The first kappa shape index (κ1) is 14.4. The maximum absolute atomic E-state index is 11.5. The Morgan fingerprint density at radius 3 is 2.90 bits per heavy atom. The van der Waals surface area contributed by atoms with Gasteiger partial charge in [0.15, 0.2) is 11.6 Å². The van der Waals surface area contributed by atoms with E-state index < -0.39 is 10.8 Å². The molecule has 1 heterocycles. The van der Waals surface area contributed by atoms with Gasteiger partial charge in [-0.15, -0.1) is 5.10 Å². The van der Waals surface area contributed by atoms with Gasteiger partial charge in [-0.05, 0) is 29.5 Å². The van der Waals surface area contributed by atoms with Crippen molar-refractivity contribution < 1.29 is 8.95 Å². The molecule has 2 unspecified atom stereocenters. The fourth-order valence-electron chi connectivity index (χ4n) is 1.83. The number of hydrogen-bond donors (Lipinski definition) is 1. The van der Waals surface area contributed by atoms with Crippen molar-refractivity contribution in [2.24, 2.45) is 0 Å². The van der Waals surface area contributed by atoms with Gasteiger partial charge in [-0.3, -0.25) is 4.21 Å². The Kier molecular flexibility index (Phi) is 4.33. The minimum Gasteiger partial charge on any atom is -0.494 e. The highest BCUT2D eigenvalue weighted by molar-refractivity contribution is 7.84. The Labute approximate surface area is 119 Å². The third-order valence-electron chi connectivity index (χ3n) is 3.02. The number of benzene rings is 1. The molecule has 20 heavy (non-hydrogen) atoms. The topological polar surface area (TPSA) is 95.9 Å². The van der Waals surface area contributed by atoms with Crippen LogP contribution in [0.1, 0.15) is 6.92 Å². The minimum absolute atomic E-state index is 0.0516. The molecule has 1 aromatic heterocycles. The minimum atomic E-state index is -0.943. The van der Waals surface area contributed by atoms with Gasteiger partial charge in [-0.25, -0.2) is 4.68 Å². The first-order valence-corrected chi connectivity index (χ1v) is 7.68. The van der Waals surface area contributed by atoms with Crippen LogP contribution in [0, 0.1) is 0 Å². The van der Waals surface area contributed by atoms with Crippen LogP contribution in [0.3, 0.4) is 0 Å². The van der Waals surface area contributed by atoms with Crippen LogP contribution in [0.5, 0.6) is 5.75 Å². The second-order valence-corrected chi connectivity index (χ2v) is 6.22. The van der Waals surface area contributed by atoms with E-state index in [1.807, 2.05) is 19.1 Å². The van der Waals surface area contributed by atoms with Crippen molar-refractivity contribution in [2.75, 3.05) is 19.1 Å². The highest BCUT2D eigenvalue weighted by Gasteiger charge is 2.18. The van der Waals surface area contributed by atoms with Crippen molar-refractivity contribution in [3.63, 3.8) is 0 Å². The normalized spacial score (nSPS) is 13.9. The maximum atomic E-state index is 11.5. The summed E-state index contributed by atoms with van der Waals surface area (Å²) in [5.74, 6) is 1.08. The number of rotatable bonds is 5. The molecule has 8 heteroatoms. The van der Waals surface area contributed by atoms with E-state index in [4.69, 9.17) is 10.5 Å². The Morgan fingerprint density at radius 2 is 2.25 bits per heavy atom. The number of anilines is 1. The Hall–Kier alpha value is -1.96. The van der Waals surface area contributed by atoms with Gasteiger partial charge >= 0.3 is 0 Å². The van der Waals surface area contributed by atoms with Gasteiger partial charge in [0, 0.05) is 17.1 Å². The molecule has 108 valence electrons. The molecule has 2 aromatic rings. The monoisotopic (exact) mass is 295 g/mol. The zero-order valence-electron chi connectivity index (χ0n) is 11.6. The van der Waals surface area contributed by atoms with Crippen molar-refractivity contribution in [1.82, 2.24) is 20.2 Å². The first-order chi connectivity index (χ1) is 9.54. The molecule has 0 radical (unpaired) electrons. The Bertz CT molecular complexity index is 628. The van der Waals surface area contributed by atoms with E-state index in [1.54, 1.807) is 24.1 Å². The number of nitrogen functional groups attached to an aromatic ring is 1. The standard InChI is InChI=1S/C12H17N5O2S/c1-8(20(3)18)7-17-12(14-15-16-17)9-5-4-6-10(13)11(9)19-2/h4-6,8H,7,13H2,1-3H3. The number of tetrazole rings is 1. The zero-order valence-corrected chi connectivity index (χ0v) is 12.4. The lowest BCUT2D eigenvalue weighted by Crippen LogP contribution is -2.19. The van der Waals surface area contributed by atoms with E-state index in [-0.39, 0.29) is 5.25 Å². The molecule has 0 saturated carbocycles. The van der Waals surface area contributed by atoms with Crippen LogP contribution in [0.2, 0.25) is 0 Å². The number of para-hydroxylation sites is 1. The molecule has 7 nitrogen and oxygen atoms in total. The smallest absolute Gasteiger partial charge is 0.185 e. The van der Waals surface area contributed by atoms with E-state index >= 15 is 0 Å². The van der Waals surface area contributed by atoms with Gasteiger partial charge in [-0.1, -0.05) is 6.07 Å². The summed E-state index contributed by atoms with van der Waals surface area (Å²) in [4.78, 5) is 0. The fourth-order valence-corrected chi connectivity index (χ4v) is 2.18. The van der Waals surface area contributed by atoms with Gasteiger partial charge in [0.25, 0.3) is 0 Å². The van der Waals surface area contributed by atoms with Crippen molar-refractivity contribution >= 4 is 16.5 Å². The van der Waals surface area contributed by atoms with Crippen molar-refractivity contribution in [1.29, 1.82) is 0 Å². The molecule has 0 amide bonds. The van der Waals surface area contributed by atoms with E-state index in [0.717, 1.165) is 0 Å². The second kappa shape index (κ2) is 6.00. The molecular formula is C12H17N5O2S. The zero-order chi connectivity index (χ0) is 14.7. The summed E-state index contributed by atoms with van der Waals surface area (Å²) in [5.41, 5.74) is 7.12. The highest BCUT2D eigenvalue weighted by Crippen LogP contribution is 2.33. The van der Waals surface area contributed by atoms with Gasteiger partial charge < -0.3 is 10.5 Å². The van der Waals surface area contributed by atoms with Gasteiger partial charge in [0.2, 0.25) is 0 Å². The average Bonchev–Trinajstić information content (AvgIpc) is 2.86. The largest absolute Gasteiger partial charge is 0.494 e. The molecule has 0 spiro atoms. The maximum Gasteiger partial charge on any atom is 0.185 e. The van der Waals surface area contributed by atoms with E-state index in [9.17, 15) is 4.21 Å². The number of nitrogens with two attached hydrogens (primary N) is 1. The summed E-state index contributed by atoms with van der Waals surface area (Å²) in [5, 5.41) is 11.6. The van der Waals surface area contributed by atoms with E-state index in [1.165, 1.54) is 0 Å². The Balaban J connectivity index is 2.42. The SMILES string of the molecule is COc1c(N)cccc1-c1nnnn1CC(C)S(C)=O. The Morgan fingerprint density at radius 1 is 1.50 bits per heavy atom. The molecule has 0 aliphatic heterocycles. The lowest BCUT2D eigenvalue weighted by atomic mass is 10.1. The van der Waals surface area contributed by atoms with Crippen molar-refractivity contribution in [2.45, 2.75) is 18.7 Å². The third-order valence-corrected chi connectivity index (χ3v) is 4.30. The van der Waals surface area contributed by atoms with Gasteiger partial charge in [-0.2, -0.15) is 0 Å². The van der Waals surface area contributed by atoms with Crippen LogP contribution >= 0.6 is 0 Å². The average molecular weight is 295 g/mol. The van der Waals surface area contributed by atoms with E-state index in [0.29, 0.717) is 29.4 Å². The summed E-state index contributed by atoms with van der Waals surface area (Å²) in [6, 6.07) is 5.40. The molecule has 2 rings (SSSR count). The van der Waals surface area contributed by atoms with Crippen LogP contribution in [0.25, 0.3) is 11.4 Å². The van der Waals surface area contributed by atoms with Crippen LogP contribution < -0.4 is 10.5 Å². The second-order valence-electron chi connectivity index (χ2n) is 4.42. The van der Waals surface area contributed by atoms with Crippen LogP contribution in [-0.2, 0) is 17.3 Å². The lowest BCUT2D eigenvalue weighted by Gasteiger charge is -2.12. The molecule has 0 bridgehead atoms. The summed E-state index contributed by atoms with van der Waals surface area (Å²) in [6.07, 6.45) is 1.66. The van der Waals surface area contributed by atoms with Crippen LogP contribution in [0.15, 0.2) is 18.2 Å². The quantitative estimate of drug-likeness (QED) is 0.816. The van der Waals surface area contributed by atoms with Crippen LogP contribution in [-0.4, -0.2) is 43.0 Å². The first-order valence-electron chi connectivity index (χ1n) is 6.05. The predicted octanol–water partition coefficient (Wildman–Crippen LogP) is 0.698. The van der Waals surface area contributed by atoms with Crippen molar-refractivity contribution in [3.8, 4) is 17.1 Å². The molecule has 2 N–H and O–H groups in total. The lowest BCUT2D eigenvalue weighted by molar-refractivity contribution is 0.418. The molecule has 0 fully saturated rings. The summed E-state index contributed by atoms with van der Waals surface area (Å²) in [7, 11) is 0.605. The molecule has 1 aromatic carbocycles. The van der Waals surface area contributed by atoms with Gasteiger partial charge in [0.05, 0.1) is 30.2 Å². The molecule has 0 saturated heterocycles.